The monoisotopic (exact) mass is 211 g/mol. The van der Waals surface area contributed by atoms with E-state index in [0.29, 0.717) is 0 Å². The van der Waals surface area contributed by atoms with Crippen LogP contribution in [-0.4, -0.2) is 24.5 Å². The van der Waals surface area contributed by atoms with E-state index in [1.54, 1.807) is 0 Å². The predicted molar refractivity (Wildman–Crippen MR) is 37.4 cm³/mol. The van der Waals surface area contributed by atoms with Crippen LogP contribution >= 0.6 is 0 Å². The second-order valence-electron chi connectivity index (χ2n) is 2.51. The third-order valence-electron chi connectivity index (χ3n) is 1.75. The Morgan fingerprint density at radius 2 is 1.80 bits per heavy atom. The van der Waals surface area contributed by atoms with Crippen molar-refractivity contribution < 1.29 is 32.7 Å². The Hall–Kier alpha value is 0.624. The van der Waals surface area contributed by atoms with Crippen LogP contribution in [0.1, 0.15) is 19.3 Å². The Morgan fingerprint density at radius 1 is 1.20 bits per heavy atom. The molecule has 1 radical (unpaired) electrons. The molecular formula is C8H12NY-. The van der Waals surface area contributed by atoms with Crippen LogP contribution < -0.4 is 0 Å². The van der Waals surface area contributed by atoms with Gasteiger partial charge in [-0.15, -0.1) is 0 Å². The zero-order valence-corrected chi connectivity index (χ0v) is 9.11. The largest absolute Gasteiger partial charge is 0.692 e. The molecule has 0 aromatic carbocycles. The van der Waals surface area contributed by atoms with Gasteiger partial charge in [0.25, 0.3) is 0 Å². The van der Waals surface area contributed by atoms with E-state index in [0.717, 1.165) is 6.54 Å². The molecule has 1 aliphatic heterocycles. The Balaban J connectivity index is 0.000000810. The summed E-state index contributed by atoms with van der Waals surface area (Å²) in [4.78, 5) is 2.27. The average Bonchev–Trinajstić information content (AvgIpc) is 1.91. The minimum Gasteiger partial charge on any atom is -0.692 e. The van der Waals surface area contributed by atoms with Gasteiger partial charge in [0.15, 0.2) is 0 Å². The van der Waals surface area contributed by atoms with Gasteiger partial charge < -0.3 is 12.3 Å². The Bertz CT molecular complexity index is 111. The van der Waals surface area contributed by atoms with Gasteiger partial charge in [-0.05, 0) is 25.9 Å². The van der Waals surface area contributed by atoms with Crippen LogP contribution in [0.5, 0.6) is 0 Å². The van der Waals surface area contributed by atoms with Crippen molar-refractivity contribution in [3.8, 4) is 5.92 Å². The average molecular weight is 211 g/mol. The molecule has 0 aromatic rings. The Labute approximate surface area is 88.4 Å². The van der Waals surface area contributed by atoms with Crippen molar-refractivity contribution in [3.05, 3.63) is 6.42 Å². The van der Waals surface area contributed by atoms with Crippen molar-refractivity contribution in [2.24, 2.45) is 0 Å². The van der Waals surface area contributed by atoms with E-state index in [2.05, 4.69) is 10.8 Å². The molecule has 1 fully saturated rings. The van der Waals surface area contributed by atoms with Crippen LogP contribution in [-0.2, 0) is 32.7 Å². The minimum atomic E-state index is 0. The van der Waals surface area contributed by atoms with Gasteiger partial charge >= 0.3 is 0 Å². The summed E-state index contributed by atoms with van der Waals surface area (Å²) in [7, 11) is 0. The smallest absolute Gasteiger partial charge is 0.0208 e. The van der Waals surface area contributed by atoms with Crippen LogP contribution in [0.4, 0.5) is 0 Å². The molecule has 0 aliphatic carbocycles. The van der Waals surface area contributed by atoms with Crippen LogP contribution in [0.2, 0.25) is 0 Å². The summed E-state index contributed by atoms with van der Waals surface area (Å²) in [5.41, 5.74) is 0. The summed E-state index contributed by atoms with van der Waals surface area (Å²) in [6.07, 6.45) is 10.7. The van der Waals surface area contributed by atoms with Gasteiger partial charge in [-0.1, -0.05) is 6.42 Å². The van der Waals surface area contributed by atoms with Gasteiger partial charge in [0.05, 0.1) is 0 Å². The fraction of sp³-hybridized carbons (Fsp3) is 0.750. The summed E-state index contributed by atoms with van der Waals surface area (Å²) >= 11 is 0. The van der Waals surface area contributed by atoms with Gasteiger partial charge in [-0.3, -0.25) is 4.90 Å². The molecule has 0 aromatic heterocycles. The molecule has 0 atom stereocenters. The second kappa shape index (κ2) is 6.34. The van der Waals surface area contributed by atoms with Gasteiger partial charge in [-0.2, -0.15) is 0 Å². The molecule has 1 aliphatic rings. The van der Waals surface area contributed by atoms with Crippen molar-refractivity contribution in [3.63, 3.8) is 0 Å². The molecule has 1 saturated heterocycles. The first kappa shape index (κ1) is 10.6. The fourth-order valence-electron chi connectivity index (χ4n) is 1.23. The van der Waals surface area contributed by atoms with Crippen LogP contribution in [0.25, 0.3) is 0 Å². The molecule has 10 heavy (non-hydrogen) atoms. The van der Waals surface area contributed by atoms with E-state index in [9.17, 15) is 0 Å². The third-order valence-corrected chi connectivity index (χ3v) is 1.75. The molecule has 0 bridgehead atoms. The molecule has 0 amide bonds. The zero-order valence-electron chi connectivity index (χ0n) is 6.27. The second-order valence-corrected chi connectivity index (χ2v) is 2.51. The van der Waals surface area contributed by atoms with Gasteiger partial charge in [0, 0.05) is 39.3 Å². The van der Waals surface area contributed by atoms with E-state index in [1.807, 2.05) is 0 Å². The SMILES string of the molecule is [C-]#CCN1CCCCC1.[Y]. The van der Waals surface area contributed by atoms with E-state index in [4.69, 9.17) is 6.42 Å². The number of hydrogen-bond donors (Lipinski definition) is 0. The van der Waals surface area contributed by atoms with Crippen molar-refractivity contribution in [2.75, 3.05) is 19.6 Å². The van der Waals surface area contributed by atoms with E-state index >= 15 is 0 Å². The summed E-state index contributed by atoms with van der Waals surface area (Å²) in [6, 6.07) is 0. The molecule has 0 unspecified atom stereocenters. The Kier molecular flexibility index (Phi) is 6.74. The van der Waals surface area contributed by atoms with Crippen molar-refractivity contribution in [1.82, 2.24) is 4.90 Å². The Morgan fingerprint density at radius 3 is 2.30 bits per heavy atom. The molecule has 2 heteroatoms. The summed E-state index contributed by atoms with van der Waals surface area (Å²) in [6.45, 7) is 3.08. The maximum absolute atomic E-state index is 6.75. The first-order valence-corrected chi connectivity index (χ1v) is 3.55. The number of hydrogen-bond acceptors (Lipinski definition) is 1. The van der Waals surface area contributed by atoms with E-state index in [-0.39, 0.29) is 32.7 Å². The molecule has 0 N–H and O–H groups in total. The molecule has 1 heterocycles. The van der Waals surface area contributed by atoms with E-state index < -0.39 is 0 Å². The maximum atomic E-state index is 6.75. The standard InChI is InChI=1S/C8H12N.Y/c1-2-6-9-7-4-3-5-8-9;/h3-8H2;/q-1;. The summed E-state index contributed by atoms with van der Waals surface area (Å²) < 4.78 is 0. The number of likely N-dealkylation sites (tertiary alicyclic amines) is 1. The summed E-state index contributed by atoms with van der Waals surface area (Å²) in [5.74, 6) is 2.41. The zero-order chi connectivity index (χ0) is 6.53. The van der Waals surface area contributed by atoms with Crippen molar-refractivity contribution >= 4 is 0 Å². The van der Waals surface area contributed by atoms with E-state index in [1.165, 1.54) is 32.4 Å². The molecular weight excluding hydrogens is 199 g/mol. The van der Waals surface area contributed by atoms with Gasteiger partial charge in [-0.25, -0.2) is 0 Å². The molecule has 0 saturated carbocycles. The van der Waals surface area contributed by atoms with Crippen molar-refractivity contribution in [1.29, 1.82) is 0 Å². The third kappa shape index (κ3) is 3.71. The predicted octanol–water partition coefficient (Wildman–Crippen LogP) is 1.06. The fourth-order valence-corrected chi connectivity index (χ4v) is 1.23. The molecule has 53 valence electrons. The maximum Gasteiger partial charge on any atom is 0.0208 e. The van der Waals surface area contributed by atoms with Crippen LogP contribution in [0, 0.1) is 12.3 Å². The van der Waals surface area contributed by atoms with Crippen LogP contribution in [0.3, 0.4) is 0 Å². The van der Waals surface area contributed by atoms with Gasteiger partial charge in [0.2, 0.25) is 0 Å². The quantitative estimate of drug-likeness (QED) is 0.463. The van der Waals surface area contributed by atoms with Crippen LogP contribution in [0.15, 0.2) is 0 Å². The topological polar surface area (TPSA) is 3.24 Å². The first-order valence-electron chi connectivity index (χ1n) is 3.55. The number of piperidine rings is 1. The van der Waals surface area contributed by atoms with Crippen molar-refractivity contribution in [2.45, 2.75) is 19.3 Å². The minimum absolute atomic E-state index is 0. The molecule has 0 spiro atoms. The normalized spacial score (nSPS) is 19.1. The molecule has 1 rings (SSSR count). The summed E-state index contributed by atoms with van der Waals surface area (Å²) in [5, 5.41) is 0. The molecule has 1 nitrogen and oxygen atoms in total. The first-order chi connectivity index (χ1) is 4.43. The number of rotatable bonds is 1. The number of nitrogens with zero attached hydrogens (tertiary/aromatic N) is 1. The van der Waals surface area contributed by atoms with Gasteiger partial charge in [0.1, 0.15) is 0 Å².